The molecule has 0 bridgehead atoms. The molecule has 1 aliphatic rings. The lowest BCUT2D eigenvalue weighted by Crippen LogP contribution is -2.48. The fraction of sp³-hybridized carbons (Fsp3) is 0.345. The molecule has 0 radical (unpaired) electrons. The average molecular weight is 583 g/mol. The quantitative estimate of drug-likeness (QED) is 0.476. The monoisotopic (exact) mass is 582 g/mol. The minimum absolute atomic E-state index is 0.00448. The number of fused-ring (bicyclic) bond motifs is 1. The SMILES string of the molecule is CO[C@@H]1CN(C)C(=O)c2ccc(NC(=O)Nc3cc(F)ccc3F)cc2OC[C@H](C)N(C(=O)c2cnccn2)C[C@@H]1C. The van der Waals surface area contributed by atoms with Crippen molar-refractivity contribution in [1.82, 2.24) is 19.8 Å². The zero-order valence-electron chi connectivity index (χ0n) is 23.6. The molecule has 11 nitrogen and oxygen atoms in total. The van der Waals surface area contributed by atoms with E-state index in [1.807, 2.05) is 13.8 Å². The number of anilines is 2. The molecule has 42 heavy (non-hydrogen) atoms. The number of rotatable bonds is 4. The summed E-state index contributed by atoms with van der Waals surface area (Å²) in [4.78, 5) is 50.7. The molecule has 0 spiro atoms. The van der Waals surface area contributed by atoms with Crippen LogP contribution in [0.25, 0.3) is 0 Å². The van der Waals surface area contributed by atoms with Crippen LogP contribution >= 0.6 is 0 Å². The van der Waals surface area contributed by atoms with Gasteiger partial charge >= 0.3 is 6.03 Å². The van der Waals surface area contributed by atoms with E-state index in [0.29, 0.717) is 6.54 Å². The number of hydrogen-bond donors (Lipinski definition) is 2. The van der Waals surface area contributed by atoms with Crippen molar-refractivity contribution in [3.8, 4) is 5.75 Å². The van der Waals surface area contributed by atoms with Crippen LogP contribution < -0.4 is 15.4 Å². The van der Waals surface area contributed by atoms with Gasteiger partial charge in [-0.1, -0.05) is 6.92 Å². The van der Waals surface area contributed by atoms with Crippen molar-refractivity contribution in [2.75, 3.05) is 44.5 Å². The van der Waals surface area contributed by atoms with Gasteiger partial charge in [0, 0.05) is 63.4 Å². The lowest BCUT2D eigenvalue weighted by molar-refractivity contribution is 0.0109. The minimum Gasteiger partial charge on any atom is -0.491 e. The summed E-state index contributed by atoms with van der Waals surface area (Å²) in [5.41, 5.74) is 0.295. The summed E-state index contributed by atoms with van der Waals surface area (Å²) in [6.07, 6.45) is 3.93. The van der Waals surface area contributed by atoms with E-state index in [2.05, 4.69) is 20.6 Å². The molecule has 3 aromatic rings. The number of nitrogens with zero attached hydrogens (tertiary/aromatic N) is 4. The number of methoxy groups -OCH3 is 1. The lowest BCUT2D eigenvalue weighted by atomic mass is 10.0. The van der Waals surface area contributed by atoms with Crippen LogP contribution in [-0.4, -0.2) is 83.6 Å². The Hall–Kier alpha value is -4.65. The molecule has 0 fully saturated rings. The maximum atomic E-state index is 14.0. The summed E-state index contributed by atoms with van der Waals surface area (Å²) in [5, 5.41) is 4.79. The number of likely N-dealkylation sites (N-methyl/N-ethyl adjacent to an activating group) is 1. The summed E-state index contributed by atoms with van der Waals surface area (Å²) in [7, 11) is 3.19. The number of amides is 4. The van der Waals surface area contributed by atoms with Crippen LogP contribution in [-0.2, 0) is 4.74 Å². The second-order valence-corrected chi connectivity index (χ2v) is 10.1. The Morgan fingerprint density at radius 1 is 1.07 bits per heavy atom. The van der Waals surface area contributed by atoms with Gasteiger partial charge in [0.25, 0.3) is 11.8 Å². The fourth-order valence-corrected chi connectivity index (χ4v) is 4.57. The summed E-state index contributed by atoms with van der Waals surface area (Å²) in [6.45, 7) is 4.29. The number of hydrogen-bond acceptors (Lipinski definition) is 7. The predicted molar refractivity (Wildman–Crippen MR) is 150 cm³/mol. The number of carbonyl (C=O) groups excluding carboxylic acids is 3. The van der Waals surface area contributed by atoms with E-state index < -0.39 is 23.7 Å². The standard InChI is InChI=1S/C29H32F2N6O5/c1-17-14-37(28(39)24-13-32-9-10-33-24)18(2)16-42-25-12-20(6-7-21(25)27(38)36(3)15-26(17)41-4)34-29(40)35-23-11-19(30)5-8-22(23)31/h5-13,17-18,26H,14-16H2,1-4H3,(H2,34,35,40)/t17-,18-,26+/m0/s1. The van der Waals surface area contributed by atoms with Crippen LogP contribution in [0.1, 0.15) is 34.7 Å². The molecule has 0 aliphatic carbocycles. The second-order valence-electron chi connectivity index (χ2n) is 10.1. The Balaban J connectivity index is 1.62. The van der Waals surface area contributed by atoms with Crippen molar-refractivity contribution in [3.05, 3.63) is 77.9 Å². The first-order valence-electron chi connectivity index (χ1n) is 13.2. The zero-order valence-corrected chi connectivity index (χ0v) is 23.6. The number of halogens is 2. The summed E-state index contributed by atoms with van der Waals surface area (Å²) in [5.74, 6) is -2.19. The zero-order chi connectivity index (χ0) is 30.4. The number of aromatic nitrogens is 2. The third-order valence-corrected chi connectivity index (χ3v) is 6.92. The van der Waals surface area contributed by atoms with E-state index in [0.717, 1.165) is 18.2 Å². The smallest absolute Gasteiger partial charge is 0.323 e. The number of ether oxygens (including phenoxy) is 2. The highest BCUT2D eigenvalue weighted by Crippen LogP contribution is 2.27. The molecule has 222 valence electrons. The molecule has 13 heteroatoms. The summed E-state index contributed by atoms with van der Waals surface area (Å²) < 4.78 is 39.3. The van der Waals surface area contributed by atoms with Crippen LogP contribution in [0.3, 0.4) is 0 Å². The maximum Gasteiger partial charge on any atom is 0.323 e. The van der Waals surface area contributed by atoms with Gasteiger partial charge in [-0.25, -0.2) is 18.6 Å². The fourth-order valence-electron chi connectivity index (χ4n) is 4.57. The van der Waals surface area contributed by atoms with E-state index >= 15 is 0 Å². The van der Waals surface area contributed by atoms with Gasteiger partial charge < -0.3 is 29.9 Å². The van der Waals surface area contributed by atoms with Gasteiger partial charge in [0.05, 0.1) is 29.6 Å². The van der Waals surface area contributed by atoms with E-state index in [-0.39, 0.29) is 65.4 Å². The molecule has 2 N–H and O–H groups in total. The maximum absolute atomic E-state index is 14.0. The highest BCUT2D eigenvalue weighted by atomic mass is 19.1. The number of nitrogens with one attached hydrogen (secondary N) is 2. The first kappa shape index (κ1) is 30.3. The second kappa shape index (κ2) is 13.3. The predicted octanol–water partition coefficient (Wildman–Crippen LogP) is 4.05. The van der Waals surface area contributed by atoms with Crippen molar-refractivity contribution in [2.45, 2.75) is 26.0 Å². The van der Waals surface area contributed by atoms with E-state index in [9.17, 15) is 23.2 Å². The summed E-state index contributed by atoms with van der Waals surface area (Å²) in [6, 6.07) is 5.84. The minimum atomic E-state index is -0.831. The van der Waals surface area contributed by atoms with E-state index in [1.54, 1.807) is 19.1 Å². The highest BCUT2D eigenvalue weighted by Gasteiger charge is 2.31. The van der Waals surface area contributed by atoms with Crippen LogP contribution in [0.4, 0.5) is 25.0 Å². The molecule has 4 amide bonds. The first-order valence-corrected chi connectivity index (χ1v) is 13.2. The van der Waals surface area contributed by atoms with Gasteiger partial charge in [-0.15, -0.1) is 0 Å². The van der Waals surface area contributed by atoms with Crippen LogP contribution in [0, 0.1) is 17.6 Å². The lowest BCUT2D eigenvalue weighted by Gasteiger charge is -2.35. The number of benzene rings is 2. The Bertz CT molecular complexity index is 1440. The average Bonchev–Trinajstić information content (AvgIpc) is 2.98. The largest absolute Gasteiger partial charge is 0.491 e. The van der Waals surface area contributed by atoms with Gasteiger partial charge in [-0.05, 0) is 31.2 Å². The van der Waals surface area contributed by atoms with E-state index in [1.165, 1.54) is 41.7 Å². The third-order valence-electron chi connectivity index (χ3n) is 6.92. The molecule has 4 rings (SSSR count). The Morgan fingerprint density at radius 3 is 2.57 bits per heavy atom. The Kier molecular flexibility index (Phi) is 9.63. The molecule has 1 aromatic heterocycles. The van der Waals surface area contributed by atoms with Gasteiger partial charge in [0.1, 0.15) is 29.7 Å². The van der Waals surface area contributed by atoms with Gasteiger partial charge in [0.2, 0.25) is 0 Å². The van der Waals surface area contributed by atoms with Gasteiger partial charge in [-0.2, -0.15) is 0 Å². The highest BCUT2D eigenvalue weighted by molar-refractivity contribution is 6.01. The summed E-state index contributed by atoms with van der Waals surface area (Å²) >= 11 is 0. The molecular weight excluding hydrogens is 550 g/mol. The Morgan fingerprint density at radius 2 is 1.86 bits per heavy atom. The molecule has 2 heterocycles. The Labute approximate surface area is 241 Å². The molecule has 0 saturated carbocycles. The van der Waals surface area contributed by atoms with E-state index in [4.69, 9.17) is 9.47 Å². The molecule has 3 atom stereocenters. The molecule has 2 aromatic carbocycles. The van der Waals surface area contributed by atoms with Gasteiger partial charge in [0.15, 0.2) is 0 Å². The third kappa shape index (κ3) is 7.16. The van der Waals surface area contributed by atoms with Crippen molar-refractivity contribution < 1.29 is 32.6 Å². The topological polar surface area (TPSA) is 126 Å². The number of urea groups is 1. The first-order chi connectivity index (χ1) is 20.1. The van der Waals surface area contributed by atoms with Crippen molar-refractivity contribution in [2.24, 2.45) is 5.92 Å². The van der Waals surface area contributed by atoms with Crippen LogP contribution in [0.5, 0.6) is 5.75 Å². The van der Waals surface area contributed by atoms with Gasteiger partial charge in [-0.3, -0.25) is 14.6 Å². The number of carbonyl (C=O) groups is 3. The van der Waals surface area contributed by atoms with Crippen molar-refractivity contribution in [1.29, 1.82) is 0 Å². The van der Waals surface area contributed by atoms with Crippen molar-refractivity contribution in [3.63, 3.8) is 0 Å². The van der Waals surface area contributed by atoms with Crippen molar-refractivity contribution >= 4 is 29.2 Å². The molecular formula is C29H32F2N6O5. The molecule has 0 saturated heterocycles. The van der Waals surface area contributed by atoms with Crippen LogP contribution in [0.2, 0.25) is 0 Å². The molecule has 1 aliphatic heterocycles. The molecule has 0 unspecified atom stereocenters. The normalized spacial score (nSPS) is 19.6. The van der Waals surface area contributed by atoms with Crippen LogP contribution in [0.15, 0.2) is 55.0 Å².